The van der Waals surface area contributed by atoms with E-state index >= 15 is 0 Å². The molecule has 4 heteroatoms. The first-order chi connectivity index (χ1) is 16.7. The van der Waals surface area contributed by atoms with Crippen molar-refractivity contribution < 1.29 is 9.47 Å². The molecule has 4 aromatic rings. The summed E-state index contributed by atoms with van der Waals surface area (Å²) < 4.78 is 12.2. The van der Waals surface area contributed by atoms with Crippen molar-refractivity contribution >= 4 is 5.84 Å². The molecule has 0 fully saturated rings. The summed E-state index contributed by atoms with van der Waals surface area (Å²) in [6, 6.07) is 32.4. The Morgan fingerprint density at radius 3 is 2.06 bits per heavy atom. The van der Waals surface area contributed by atoms with Crippen molar-refractivity contribution in [1.29, 1.82) is 5.41 Å². The molecule has 0 heterocycles. The molecule has 0 aliphatic heterocycles. The van der Waals surface area contributed by atoms with E-state index in [2.05, 4.69) is 37.3 Å². The topological polar surface area (TPSA) is 68.3 Å². The molecule has 4 rings (SSSR count). The minimum Gasteiger partial charge on any atom is -0.490 e. The molecule has 0 unspecified atom stereocenters. The van der Waals surface area contributed by atoms with Crippen molar-refractivity contribution in [2.45, 2.75) is 19.8 Å². The number of benzene rings is 4. The van der Waals surface area contributed by atoms with Gasteiger partial charge in [-0.3, -0.25) is 5.41 Å². The highest BCUT2D eigenvalue weighted by atomic mass is 16.5. The van der Waals surface area contributed by atoms with Crippen LogP contribution in [0, 0.1) is 5.41 Å². The zero-order valence-electron chi connectivity index (χ0n) is 19.5. The molecule has 4 nitrogen and oxygen atoms in total. The minimum atomic E-state index is 0.0792. The Kier molecular flexibility index (Phi) is 7.61. The lowest BCUT2D eigenvalue weighted by Crippen LogP contribution is -2.10. The third-order valence-corrected chi connectivity index (χ3v) is 5.68. The van der Waals surface area contributed by atoms with Crippen molar-refractivity contribution in [3.05, 3.63) is 108 Å². The van der Waals surface area contributed by atoms with E-state index in [1.165, 1.54) is 5.56 Å². The van der Waals surface area contributed by atoms with Crippen LogP contribution in [0.4, 0.5) is 0 Å². The van der Waals surface area contributed by atoms with E-state index in [0.29, 0.717) is 13.2 Å². The fourth-order valence-electron chi connectivity index (χ4n) is 3.96. The average Bonchev–Trinajstić information content (AvgIpc) is 2.88. The summed E-state index contributed by atoms with van der Waals surface area (Å²) in [6.07, 6.45) is 1.97. The zero-order valence-corrected chi connectivity index (χ0v) is 19.5. The number of para-hydroxylation sites is 1. The van der Waals surface area contributed by atoms with Gasteiger partial charge in [-0.05, 0) is 46.9 Å². The number of rotatable bonds is 10. The molecule has 0 aliphatic carbocycles. The summed E-state index contributed by atoms with van der Waals surface area (Å²) >= 11 is 0. The molecule has 0 aromatic heterocycles. The SMILES string of the molecule is CCCc1cc(-c2ccc(C(=N)N)cc2)ccc1OCCOc1ccccc1-c1ccccc1. The van der Waals surface area contributed by atoms with Gasteiger partial charge >= 0.3 is 0 Å². The smallest absolute Gasteiger partial charge is 0.127 e. The fourth-order valence-corrected chi connectivity index (χ4v) is 3.96. The number of ether oxygens (including phenoxy) is 2. The summed E-state index contributed by atoms with van der Waals surface area (Å²) in [5, 5.41) is 7.57. The van der Waals surface area contributed by atoms with Gasteiger partial charge in [0.05, 0.1) is 0 Å². The lowest BCUT2D eigenvalue weighted by molar-refractivity contribution is 0.216. The van der Waals surface area contributed by atoms with Crippen LogP contribution in [0.25, 0.3) is 22.3 Å². The zero-order chi connectivity index (χ0) is 23.8. The monoisotopic (exact) mass is 450 g/mol. The van der Waals surface area contributed by atoms with Gasteiger partial charge in [-0.2, -0.15) is 0 Å². The number of hydrogen-bond donors (Lipinski definition) is 2. The van der Waals surface area contributed by atoms with Gasteiger partial charge in [0, 0.05) is 11.1 Å². The van der Waals surface area contributed by atoms with E-state index in [9.17, 15) is 0 Å². The largest absolute Gasteiger partial charge is 0.490 e. The molecular weight excluding hydrogens is 420 g/mol. The number of nitrogens with one attached hydrogen (secondary N) is 1. The van der Waals surface area contributed by atoms with E-state index in [1.54, 1.807) is 0 Å². The van der Waals surface area contributed by atoms with Gasteiger partial charge in [0.2, 0.25) is 0 Å². The van der Waals surface area contributed by atoms with Crippen LogP contribution in [0.3, 0.4) is 0 Å². The summed E-state index contributed by atoms with van der Waals surface area (Å²) in [5.74, 6) is 1.83. The van der Waals surface area contributed by atoms with Crippen LogP contribution >= 0.6 is 0 Å². The third kappa shape index (κ3) is 5.65. The lowest BCUT2D eigenvalue weighted by Gasteiger charge is -2.15. The van der Waals surface area contributed by atoms with Gasteiger partial charge in [-0.25, -0.2) is 0 Å². The first-order valence-electron chi connectivity index (χ1n) is 11.6. The molecule has 0 aliphatic rings. The van der Waals surface area contributed by atoms with Gasteiger partial charge in [0.15, 0.2) is 0 Å². The van der Waals surface area contributed by atoms with Gasteiger partial charge < -0.3 is 15.2 Å². The maximum atomic E-state index is 7.57. The maximum Gasteiger partial charge on any atom is 0.127 e. The highest BCUT2D eigenvalue weighted by Crippen LogP contribution is 2.30. The second-order valence-electron chi connectivity index (χ2n) is 8.12. The Morgan fingerprint density at radius 1 is 0.706 bits per heavy atom. The molecule has 0 spiro atoms. The van der Waals surface area contributed by atoms with Gasteiger partial charge in [0.25, 0.3) is 0 Å². The lowest BCUT2D eigenvalue weighted by atomic mass is 9.99. The quantitative estimate of drug-likeness (QED) is 0.160. The third-order valence-electron chi connectivity index (χ3n) is 5.68. The van der Waals surface area contributed by atoms with Gasteiger partial charge in [-0.15, -0.1) is 0 Å². The summed E-state index contributed by atoms with van der Waals surface area (Å²) in [7, 11) is 0. The van der Waals surface area contributed by atoms with Crippen molar-refractivity contribution in [3.63, 3.8) is 0 Å². The summed E-state index contributed by atoms with van der Waals surface area (Å²) in [5.41, 5.74) is 11.9. The fraction of sp³-hybridized carbons (Fsp3) is 0.167. The molecule has 0 radical (unpaired) electrons. The number of amidine groups is 1. The Balaban J connectivity index is 1.42. The molecule has 34 heavy (non-hydrogen) atoms. The van der Waals surface area contributed by atoms with Crippen LogP contribution in [0.1, 0.15) is 24.5 Å². The summed E-state index contributed by atoms with van der Waals surface area (Å²) in [4.78, 5) is 0. The average molecular weight is 451 g/mol. The number of aryl methyl sites for hydroxylation is 1. The first-order valence-corrected chi connectivity index (χ1v) is 11.6. The van der Waals surface area contributed by atoms with Crippen molar-refractivity contribution in [2.75, 3.05) is 13.2 Å². The number of hydrogen-bond acceptors (Lipinski definition) is 3. The minimum absolute atomic E-state index is 0.0792. The molecular formula is C30H30N2O2. The second kappa shape index (κ2) is 11.2. The Bertz CT molecular complexity index is 1230. The van der Waals surface area contributed by atoms with Crippen molar-refractivity contribution in [1.82, 2.24) is 0 Å². The number of nitrogens with two attached hydrogens (primary N) is 1. The van der Waals surface area contributed by atoms with E-state index in [1.807, 2.05) is 66.7 Å². The van der Waals surface area contributed by atoms with E-state index in [0.717, 1.165) is 52.2 Å². The van der Waals surface area contributed by atoms with E-state index < -0.39 is 0 Å². The molecule has 0 bridgehead atoms. The van der Waals surface area contributed by atoms with Crippen molar-refractivity contribution in [2.24, 2.45) is 5.73 Å². The molecule has 4 aromatic carbocycles. The number of nitrogen functional groups attached to an aromatic ring is 1. The molecule has 0 saturated carbocycles. The van der Waals surface area contributed by atoms with Crippen LogP contribution < -0.4 is 15.2 Å². The molecule has 3 N–H and O–H groups in total. The highest BCUT2D eigenvalue weighted by molar-refractivity contribution is 5.95. The van der Waals surface area contributed by atoms with Crippen LogP contribution in [0.15, 0.2) is 97.1 Å². The first kappa shape index (κ1) is 23.1. The Morgan fingerprint density at radius 2 is 1.35 bits per heavy atom. The maximum absolute atomic E-state index is 7.57. The van der Waals surface area contributed by atoms with Crippen LogP contribution in [0.2, 0.25) is 0 Å². The predicted molar refractivity (Wildman–Crippen MR) is 140 cm³/mol. The van der Waals surface area contributed by atoms with Crippen LogP contribution in [-0.4, -0.2) is 19.0 Å². The van der Waals surface area contributed by atoms with E-state index in [-0.39, 0.29) is 5.84 Å². The Labute approximate surface area is 201 Å². The Hall–Kier alpha value is -4.05. The van der Waals surface area contributed by atoms with E-state index in [4.69, 9.17) is 20.6 Å². The highest BCUT2D eigenvalue weighted by Gasteiger charge is 2.09. The molecule has 0 saturated heterocycles. The van der Waals surface area contributed by atoms with Gasteiger partial charge in [-0.1, -0.05) is 92.2 Å². The normalized spacial score (nSPS) is 10.6. The predicted octanol–water partition coefficient (Wildman–Crippen LogP) is 6.71. The van der Waals surface area contributed by atoms with Crippen molar-refractivity contribution in [3.8, 4) is 33.8 Å². The summed E-state index contributed by atoms with van der Waals surface area (Å²) in [6.45, 7) is 3.10. The molecule has 0 amide bonds. The van der Waals surface area contributed by atoms with Gasteiger partial charge in [0.1, 0.15) is 30.5 Å². The second-order valence-corrected chi connectivity index (χ2v) is 8.12. The van der Waals surface area contributed by atoms with Crippen LogP contribution in [-0.2, 0) is 6.42 Å². The van der Waals surface area contributed by atoms with Crippen LogP contribution in [0.5, 0.6) is 11.5 Å². The molecule has 172 valence electrons. The standard InChI is InChI=1S/C30H30N2O2/c1-2-8-26-21-25(22-13-15-24(16-14-22)30(31)32)17-18-28(26)33-19-20-34-29-12-7-6-11-27(29)23-9-4-3-5-10-23/h3-7,9-18,21H,2,8,19-20H2,1H3,(H3,31,32). The molecule has 0 atom stereocenters.